The molecule has 2 aromatic heterocycles. The highest BCUT2D eigenvalue weighted by Crippen LogP contribution is 2.22. The van der Waals surface area contributed by atoms with E-state index in [1.165, 1.54) is 0 Å². The van der Waals surface area contributed by atoms with Crippen LogP contribution in [0, 0.1) is 6.92 Å². The number of carbonyl (C=O) groups excluding carboxylic acids is 1. The summed E-state index contributed by atoms with van der Waals surface area (Å²) in [4.78, 5) is 22.0. The van der Waals surface area contributed by atoms with Crippen LogP contribution in [0.3, 0.4) is 0 Å². The topological polar surface area (TPSA) is 99.8 Å². The number of aryl methyl sites for hydroxylation is 1. The molecule has 1 amide bonds. The van der Waals surface area contributed by atoms with Crippen molar-refractivity contribution in [2.75, 3.05) is 19.7 Å². The number of hydrogen-bond donors (Lipinski definition) is 2. The molecule has 4 rings (SSSR count). The smallest absolute Gasteiger partial charge is 0.254 e. The first kappa shape index (κ1) is 13.9. The summed E-state index contributed by atoms with van der Waals surface area (Å²) in [5, 5.41) is 10.6. The number of carbonyl (C=O) groups is 1. The minimum absolute atomic E-state index is 0.0357. The van der Waals surface area contributed by atoms with Gasteiger partial charge in [-0.2, -0.15) is 15.4 Å². The van der Waals surface area contributed by atoms with Gasteiger partial charge in [-0.05, 0) is 25.1 Å². The average molecular weight is 312 g/mol. The Balaban J connectivity index is 1.55. The molecule has 0 saturated carbocycles. The molecule has 1 fully saturated rings. The van der Waals surface area contributed by atoms with Crippen LogP contribution in [0.25, 0.3) is 11.0 Å². The van der Waals surface area contributed by atoms with E-state index in [0.717, 1.165) is 17.0 Å². The summed E-state index contributed by atoms with van der Waals surface area (Å²) >= 11 is 0. The number of rotatable bonds is 2. The molecular formula is C15H16N6O2. The molecule has 118 valence electrons. The fourth-order valence-corrected chi connectivity index (χ4v) is 2.75. The van der Waals surface area contributed by atoms with Gasteiger partial charge in [-0.15, -0.1) is 0 Å². The molecule has 1 unspecified atom stereocenters. The Morgan fingerprint density at radius 2 is 2.22 bits per heavy atom. The minimum atomic E-state index is -0.225. The van der Waals surface area contributed by atoms with Gasteiger partial charge < -0.3 is 14.6 Å². The Kier molecular flexibility index (Phi) is 3.30. The monoisotopic (exact) mass is 312 g/mol. The van der Waals surface area contributed by atoms with E-state index in [0.29, 0.717) is 30.8 Å². The van der Waals surface area contributed by atoms with Crippen molar-refractivity contribution >= 4 is 16.9 Å². The van der Waals surface area contributed by atoms with E-state index in [-0.39, 0.29) is 12.0 Å². The maximum atomic E-state index is 12.7. The van der Waals surface area contributed by atoms with Gasteiger partial charge in [-0.25, -0.2) is 4.98 Å². The lowest BCUT2D eigenvalue weighted by atomic mass is 10.1. The van der Waals surface area contributed by atoms with Gasteiger partial charge in [0.2, 0.25) is 0 Å². The van der Waals surface area contributed by atoms with Gasteiger partial charge >= 0.3 is 0 Å². The highest BCUT2D eigenvalue weighted by Gasteiger charge is 2.28. The third-order valence-electron chi connectivity index (χ3n) is 3.94. The first-order valence-electron chi connectivity index (χ1n) is 7.43. The number of aromatic nitrogens is 5. The second-order valence-electron chi connectivity index (χ2n) is 5.59. The normalized spacial score (nSPS) is 18.5. The molecule has 1 saturated heterocycles. The van der Waals surface area contributed by atoms with E-state index in [1.807, 2.05) is 6.92 Å². The number of fused-ring (bicyclic) bond motifs is 1. The average Bonchev–Trinajstić information content (AvgIpc) is 3.22. The molecule has 0 spiro atoms. The molecule has 1 aliphatic heterocycles. The zero-order valence-corrected chi connectivity index (χ0v) is 12.6. The SMILES string of the molecule is Cc1cnc(C2CN(C(=O)c3ccc4n[nH]nc4c3)CCO2)[nH]1. The van der Waals surface area contributed by atoms with Crippen molar-refractivity contribution in [3.63, 3.8) is 0 Å². The van der Waals surface area contributed by atoms with Crippen molar-refractivity contribution in [2.45, 2.75) is 13.0 Å². The van der Waals surface area contributed by atoms with Crippen molar-refractivity contribution in [1.29, 1.82) is 0 Å². The van der Waals surface area contributed by atoms with Crippen LogP contribution in [0.4, 0.5) is 0 Å². The zero-order chi connectivity index (χ0) is 15.8. The highest BCUT2D eigenvalue weighted by atomic mass is 16.5. The molecule has 23 heavy (non-hydrogen) atoms. The fourth-order valence-electron chi connectivity index (χ4n) is 2.75. The summed E-state index contributed by atoms with van der Waals surface area (Å²) < 4.78 is 5.74. The summed E-state index contributed by atoms with van der Waals surface area (Å²) in [5.41, 5.74) is 3.00. The van der Waals surface area contributed by atoms with E-state index in [2.05, 4.69) is 25.4 Å². The number of aromatic amines is 2. The lowest BCUT2D eigenvalue weighted by Gasteiger charge is -2.32. The summed E-state index contributed by atoms with van der Waals surface area (Å²) in [6.07, 6.45) is 1.54. The number of imidazole rings is 1. The van der Waals surface area contributed by atoms with Crippen molar-refractivity contribution in [1.82, 2.24) is 30.3 Å². The molecule has 0 radical (unpaired) electrons. The van der Waals surface area contributed by atoms with Crippen LogP contribution < -0.4 is 0 Å². The molecule has 8 nitrogen and oxygen atoms in total. The van der Waals surface area contributed by atoms with Crippen LogP contribution in [0.5, 0.6) is 0 Å². The van der Waals surface area contributed by atoms with Crippen LogP contribution in [-0.2, 0) is 4.74 Å². The maximum absolute atomic E-state index is 12.7. The number of H-pyrrole nitrogens is 2. The van der Waals surface area contributed by atoms with Gasteiger partial charge in [0.05, 0.1) is 13.2 Å². The summed E-state index contributed by atoms with van der Waals surface area (Å²) in [6.45, 7) is 3.46. The van der Waals surface area contributed by atoms with E-state index >= 15 is 0 Å². The Morgan fingerprint density at radius 1 is 1.35 bits per heavy atom. The molecule has 0 bridgehead atoms. The van der Waals surface area contributed by atoms with E-state index in [4.69, 9.17) is 4.74 Å². The van der Waals surface area contributed by atoms with E-state index in [1.54, 1.807) is 29.3 Å². The molecule has 2 N–H and O–H groups in total. The predicted molar refractivity (Wildman–Crippen MR) is 81.8 cm³/mol. The van der Waals surface area contributed by atoms with Crippen LogP contribution in [0.2, 0.25) is 0 Å². The summed E-state index contributed by atoms with van der Waals surface area (Å²) in [7, 11) is 0. The number of morpholine rings is 1. The number of hydrogen-bond acceptors (Lipinski definition) is 5. The van der Waals surface area contributed by atoms with Crippen LogP contribution >= 0.6 is 0 Å². The Morgan fingerprint density at radius 3 is 3.04 bits per heavy atom. The van der Waals surface area contributed by atoms with E-state index in [9.17, 15) is 4.79 Å². The standard InChI is InChI=1S/C15H16N6O2/c1-9-7-16-14(17-9)13-8-21(4-5-23-13)15(22)10-2-3-11-12(6-10)19-20-18-11/h2-3,6-7,13H,4-5,8H2,1H3,(H,16,17)(H,18,19,20). The number of amides is 1. The largest absolute Gasteiger partial charge is 0.367 e. The first-order valence-corrected chi connectivity index (χ1v) is 7.43. The van der Waals surface area contributed by atoms with Crippen LogP contribution in [0.15, 0.2) is 24.4 Å². The molecule has 0 aliphatic carbocycles. The van der Waals surface area contributed by atoms with Gasteiger partial charge in [-0.1, -0.05) is 0 Å². The third kappa shape index (κ3) is 2.57. The number of nitrogens with zero attached hydrogens (tertiary/aromatic N) is 4. The van der Waals surface area contributed by atoms with Crippen LogP contribution in [-0.4, -0.2) is 55.9 Å². The zero-order valence-electron chi connectivity index (χ0n) is 12.6. The van der Waals surface area contributed by atoms with Crippen LogP contribution in [0.1, 0.15) is 28.0 Å². The Bertz CT molecular complexity index is 854. The Hall–Kier alpha value is -2.74. The molecule has 1 aromatic carbocycles. The molecule has 3 heterocycles. The molecular weight excluding hydrogens is 296 g/mol. The highest BCUT2D eigenvalue weighted by molar-refractivity contribution is 5.97. The van der Waals surface area contributed by atoms with Gasteiger partial charge in [0, 0.05) is 24.0 Å². The fraction of sp³-hybridized carbons (Fsp3) is 0.333. The second-order valence-corrected chi connectivity index (χ2v) is 5.59. The maximum Gasteiger partial charge on any atom is 0.254 e. The quantitative estimate of drug-likeness (QED) is 0.740. The Labute approximate surface area is 131 Å². The predicted octanol–water partition coefficient (Wildman–Crippen LogP) is 1.20. The third-order valence-corrected chi connectivity index (χ3v) is 3.94. The number of ether oxygens (including phenoxy) is 1. The summed E-state index contributed by atoms with van der Waals surface area (Å²) in [6, 6.07) is 5.32. The second kappa shape index (κ2) is 5.47. The molecule has 3 aromatic rings. The molecule has 1 atom stereocenters. The van der Waals surface area contributed by atoms with Crippen molar-refractivity contribution < 1.29 is 9.53 Å². The number of nitrogens with one attached hydrogen (secondary N) is 2. The lowest BCUT2D eigenvalue weighted by Crippen LogP contribution is -2.42. The van der Waals surface area contributed by atoms with Gasteiger partial charge in [-0.3, -0.25) is 4.79 Å². The summed E-state index contributed by atoms with van der Waals surface area (Å²) in [5.74, 6) is 0.721. The molecule has 8 heteroatoms. The van der Waals surface area contributed by atoms with E-state index < -0.39 is 0 Å². The van der Waals surface area contributed by atoms with Crippen molar-refractivity contribution in [2.24, 2.45) is 0 Å². The van der Waals surface area contributed by atoms with Gasteiger partial charge in [0.15, 0.2) is 0 Å². The van der Waals surface area contributed by atoms with Gasteiger partial charge in [0.25, 0.3) is 5.91 Å². The first-order chi connectivity index (χ1) is 11.2. The van der Waals surface area contributed by atoms with Crippen molar-refractivity contribution in [3.8, 4) is 0 Å². The molecule has 1 aliphatic rings. The lowest BCUT2D eigenvalue weighted by molar-refractivity contribution is -0.0264. The number of benzene rings is 1. The van der Waals surface area contributed by atoms with Crippen molar-refractivity contribution in [3.05, 3.63) is 41.5 Å². The van der Waals surface area contributed by atoms with Gasteiger partial charge in [0.1, 0.15) is 23.0 Å². The minimum Gasteiger partial charge on any atom is -0.367 e.